The Kier molecular flexibility index (Phi) is 5.05. The second kappa shape index (κ2) is 7.28. The van der Waals surface area contributed by atoms with E-state index in [0.717, 1.165) is 34.2 Å². The molecule has 0 fully saturated rings. The van der Waals surface area contributed by atoms with E-state index in [1.54, 1.807) is 24.5 Å². The summed E-state index contributed by atoms with van der Waals surface area (Å²) in [5.41, 5.74) is 10.0. The second-order valence-corrected chi connectivity index (χ2v) is 8.44. The number of rotatable bonds is 5. The number of aryl methyl sites for hydroxylation is 1. The van der Waals surface area contributed by atoms with Gasteiger partial charge in [-0.2, -0.15) is 0 Å². The van der Waals surface area contributed by atoms with Crippen molar-refractivity contribution < 1.29 is 13.2 Å². The minimum Gasteiger partial charge on any atom is -0.366 e. The lowest BCUT2D eigenvalue weighted by Gasteiger charge is -2.08. The van der Waals surface area contributed by atoms with Crippen molar-refractivity contribution in [2.75, 3.05) is 6.26 Å². The molecule has 2 aromatic heterocycles. The molecule has 0 saturated heterocycles. The number of benzene rings is 1. The van der Waals surface area contributed by atoms with Gasteiger partial charge < -0.3 is 5.73 Å². The molecular formula is C20H19N3O3S. The van der Waals surface area contributed by atoms with Crippen LogP contribution in [0.4, 0.5) is 0 Å². The lowest BCUT2D eigenvalue weighted by atomic mass is 10.0. The highest BCUT2D eigenvalue weighted by molar-refractivity contribution is 7.90. The van der Waals surface area contributed by atoms with Gasteiger partial charge in [-0.3, -0.25) is 14.8 Å². The van der Waals surface area contributed by atoms with Gasteiger partial charge in [-0.1, -0.05) is 6.07 Å². The number of primary amides is 1. The van der Waals surface area contributed by atoms with Crippen LogP contribution in [0, 0.1) is 6.92 Å². The summed E-state index contributed by atoms with van der Waals surface area (Å²) in [4.78, 5) is 20.0. The molecule has 7 heteroatoms. The Morgan fingerprint density at radius 1 is 1.07 bits per heavy atom. The molecule has 27 heavy (non-hydrogen) atoms. The van der Waals surface area contributed by atoms with E-state index < -0.39 is 15.7 Å². The fourth-order valence-corrected chi connectivity index (χ4v) is 3.46. The third kappa shape index (κ3) is 4.38. The van der Waals surface area contributed by atoms with E-state index >= 15 is 0 Å². The molecule has 0 radical (unpaired) electrons. The topological polar surface area (TPSA) is 103 Å². The SMILES string of the molecule is Cc1cc(-c2cc(Cc3cncc(S(C)(=O)=O)c3)ccn2)ccc1C(N)=O. The first-order chi connectivity index (χ1) is 12.7. The maximum absolute atomic E-state index is 11.7. The molecule has 2 N–H and O–H groups in total. The summed E-state index contributed by atoms with van der Waals surface area (Å²) in [6.45, 7) is 1.83. The van der Waals surface area contributed by atoms with E-state index in [1.807, 2.05) is 31.2 Å². The summed E-state index contributed by atoms with van der Waals surface area (Å²) in [6, 6.07) is 10.8. The summed E-state index contributed by atoms with van der Waals surface area (Å²) in [5.74, 6) is -0.459. The van der Waals surface area contributed by atoms with Crippen LogP contribution in [0.3, 0.4) is 0 Å². The first-order valence-corrected chi connectivity index (χ1v) is 10.1. The molecule has 3 aromatic rings. The first-order valence-electron chi connectivity index (χ1n) is 8.24. The predicted molar refractivity (Wildman–Crippen MR) is 103 cm³/mol. The third-order valence-electron chi connectivity index (χ3n) is 4.22. The van der Waals surface area contributed by atoms with Gasteiger partial charge >= 0.3 is 0 Å². The van der Waals surface area contributed by atoms with Crippen LogP contribution in [-0.4, -0.2) is 30.5 Å². The molecule has 0 aliphatic carbocycles. The number of nitrogens with two attached hydrogens (primary N) is 1. The molecular weight excluding hydrogens is 362 g/mol. The highest BCUT2D eigenvalue weighted by Gasteiger charge is 2.10. The lowest BCUT2D eigenvalue weighted by Crippen LogP contribution is -2.12. The van der Waals surface area contributed by atoms with Gasteiger partial charge in [0.25, 0.3) is 0 Å². The van der Waals surface area contributed by atoms with Crippen molar-refractivity contribution in [1.29, 1.82) is 0 Å². The summed E-state index contributed by atoms with van der Waals surface area (Å²) in [6.07, 6.45) is 6.40. The van der Waals surface area contributed by atoms with E-state index in [0.29, 0.717) is 12.0 Å². The predicted octanol–water partition coefficient (Wildman–Crippen LogP) is 2.55. The number of carbonyl (C=O) groups excluding carboxylic acids is 1. The molecule has 1 amide bonds. The van der Waals surface area contributed by atoms with Crippen molar-refractivity contribution >= 4 is 15.7 Å². The van der Waals surface area contributed by atoms with Crippen molar-refractivity contribution in [1.82, 2.24) is 9.97 Å². The van der Waals surface area contributed by atoms with Crippen LogP contribution >= 0.6 is 0 Å². The number of hydrogen-bond donors (Lipinski definition) is 1. The summed E-state index contributed by atoms with van der Waals surface area (Å²) in [7, 11) is -3.30. The van der Waals surface area contributed by atoms with E-state index in [2.05, 4.69) is 9.97 Å². The van der Waals surface area contributed by atoms with E-state index in [9.17, 15) is 13.2 Å². The molecule has 0 saturated carbocycles. The quantitative estimate of drug-likeness (QED) is 0.731. The van der Waals surface area contributed by atoms with Crippen molar-refractivity contribution in [2.24, 2.45) is 5.73 Å². The maximum atomic E-state index is 11.7. The zero-order valence-corrected chi connectivity index (χ0v) is 15.8. The Morgan fingerprint density at radius 3 is 2.52 bits per heavy atom. The second-order valence-electron chi connectivity index (χ2n) is 6.42. The molecule has 1 aromatic carbocycles. The van der Waals surface area contributed by atoms with Crippen LogP contribution in [0.25, 0.3) is 11.3 Å². The Balaban J connectivity index is 1.91. The monoisotopic (exact) mass is 381 g/mol. The number of hydrogen-bond acceptors (Lipinski definition) is 5. The van der Waals surface area contributed by atoms with Crippen LogP contribution in [0.15, 0.2) is 59.9 Å². The highest BCUT2D eigenvalue weighted by Crippen LogP contribution is 2.22. The molecule has 0 atom stereocenters. The fraction of sp³-hybridized carbons (Fsp3) is 0.150. The van der Waals surface area contributed by atoms with Crippen LogP contribution in [-0.2, 0) is 16.3 Å². The Labute approximate surface area is 158 Å². The molecule has 0 spiro atoms. The Morgan fingerprint density at radius 2 is 1.85 bits per heavy atom. The Hall–Kier alpha value is -3.06. The van der Waals surface area contributed by atoms with Crippen LogP contribution in [0.2, 0.25) is 0 Å². The van der Waals surface area contributed by atoms with Crippen LogP contribution in [0.1, 0.15) is 27.0 Å². The minimum absolute atomic E-state index is 0.201. The first kappa shape index (κ1) is 18.7. The molecule has 0 bridgehead atoms. The largest absolute Gasteiger partial charge is 0.366 e. The number of amides is 1. The summed E-state index contributed by atoms with van der Waals surface area (Å²) >= 11 is 0. The van der Waals surface area contributed by atoms with Gasteiger partial charge in [-0.15, -0.1) is 0 Å². The number of sulfone groups is 1. The summed E-state index contributed by atoms with van der Waals surface area (Å²) < 4.78 is 23.4. The maximum Gasteiger partial charge on any atom is 0.248 e. The number of aromatic nitrogens is 2. The number of pyridine rings is 2. The molecule has 2 heterocycles. The average Bonchev–Trinajstić information content (AvgIpc) is 2.61. The van der Waals surface area contributed by atoms with Gasteiger partial charge in [0, 0.05) is 36.0 Å². The fourth-order valence-electron chi connectivity index (χ4n) is 2.84. The van der Waals surface area contributed by atoms with Gasteiger partial charge in [0.05, 0.1) is 10.6 Å². The van der Waals surface area contributed by atoms with E-state index in [4.69, 9.17) is 5.73 Å². The smallest absolute Gasteiger partial charge is 0.248 e. The van der Waals surface area contributed by atoms with Crippen molar-refractivity contribution in [3.63, 3.8) is 0 Å². The Bertz CT molecular complexity index is 1120. The third-order valence-corrected chi connectivity index (χ3v) is 5.30. The van der Waals surface area contributed by atoms with Gasteiger partial charge in [-0.25, -0.2) is 8.42 Å². The van der Waals surface area contributed by atoms with Crippen molar-refractivity contribution in [3.8, 4) is 11.3 Å². The molecule has 3 rings (SSSR count). The molecule has 0 unspecified atom stereocenters. The van der Waals surface area contributed by atoms with Gasteiger partial charge in [0.1, 0.15) is 0 Å². The molecule has 6 nitrogen and oxygen atoms in total. The summed E-state index contributed by atoms with van der Waals surface area (Å²) in [5, 5.41) is 0. The number of nitrogens with zero attached hydrogens (tertiary/aromatic N) is 2. The van der Waals surface area contributed by atoms with Gasteiger partial charge in [-0.05, 0) is 60.4 Å². The van der Waals surface area contributed by atoms with E-state index in [-0.39, 0.29) is 4.90 Å². The standard InChI is InChI=1S/C20H19N3O3S/c1-13-7-16(3-4-18(13)20(21)24)19-10-14(5-6-23-19)8-15-9-17(12-22-11-15)27(2,25)26/h3-7,9-12H,8H2,1-2H3,(H2,21,24). The van der Waals surface area contributed by atoms with Gasteiger partial charge in [0.15, 0.2) is 9.84 Å². The molecule has 138 valence electrons. The zero-order chi connectivity index (χ0) is 19.6. The lowest BCUT2D eigenvalue weighted by molar-refractivity contribution is 0.0999. The highest BCUT2D eigenvalue weighted by atomic mass is 32.2. The number of carbonyl (C=O) groups is 1. The molecule has 0 aliphatic rings. The minimum atomic E-state index is -3.30. The normalized spacial score (nSPS) is 11.3. The molecule has 0 aliphatic heterocycles. The zero-order valence-electron chi connectivity index (χ0n) is 15.0. The van der Waals surface area contributed by atoms with E-state index in [1.165, 1.54) is 6.20 Å². The van der Waals surface area contributed by atoms with Crippen LogP contribution in [0.5, 0.6) is 0 Å². The van der Waals surface area contributed by atoms with Crippen LogP contribution < -0.4 is 5.73 Å². The van der Waals surface area contributed by atoms with Crippen molar-refractivity contribution in [2.45, 2.75) is 18.2 Å². The average molecular weight is 381 g/mol. The van der Waals surface area contributed by atoms with Gasteiger partial charge in [0.2, 0.25) is 5.91 Å². The van der Waals surface area contributed by atoms with Crippen molar-refractivity contribution in [3.05, 3.63) is 77.2 Å².